The number of hydrogen-bond donors (Lipinski definition) is 0. The number of ketones is 1. The fourth-order valence-corrected chi connectivity index (χ4v) is 3.55. The van der Waals surface area contributed by atoms with E-state index in [-0.39, 0.29) is 5.41 Å². The minimum atomic E-state index is 0.271. The molecule has 0 N–H and O–H groups in total. The van der Waals surface area contributed by atoms with Gasteiger partial charge in [-0.2, -0.15) is 0 Å². The average Bonchev–Trinajstić information content (AvgIpc) is 2.17. The first kappa shape index (κ1) is 8.46. The third-order valence-corrected chi connectivity index (χ3v) is 4.42. The van der Waals surface area contributed by atoms with Gasteiger partial charge in [0.1, 0.15) is 0 Å². The molecule has 0 aliphatic heterocycles. The van der Waals surface area contributed by atoms with Gasteiger partial charge in [-0.15, -0.1) is 0 Å². The maximum atomic E-state index is 11.4. The molecular formula is C13H16O. The third kappa shape index (κ3) is 0.985. The van der Waals surface area contributed by atoms with E-state index in [1.165, 1.54) is 19.3 Å². The molecule has 74 valence electrons. The molecule has 4 aliphatic carbocycles. The van der Waals surface area contributed by atoms with Gasteiger partial charge in [-0.05, 0) is 44.1 Å². The van der Waals surface area contributed by atoms with E-state index in [1.807, 2.05) is 6.08 Å². The van der Waals surface area contributed by atoms with Crippen molar-refractivity contribution in [2.24, 2.45) is 17.3 Å². The summed E-state index contributed by atoms with van der Waals surface area (Å²) in [5.74, 6) is 1.72. The van der Waals surface area contributed by atoms with E-state index in [4.69, 9.17) is 0 Å². The van der Waals surface area contributed by atoms with Gasteiger partial charge < -0.3 is 0 Å². The van der Waals surface area contributed by atoms with E-state index in [1.54, 1.807) is 5.57 Å². The number of carbonyl (C=O) groups excluding carboxylic acids is 1. The van der Waals surface area contributed by atoms with E-state index >= 15 is 0 Å². The lowest BCUT2D eigenvalue weighted by Gasteiger charge is -2.50. The van der Waals surface area contributed by atoms with Crippen molar-refractivity contribution >= 4 is 5.78 Å². The van der Waals surface area contributed by atoms with Crippen LogP contribution in [0.15, 0.2) is 23.8 Å². The second-order valence-electron chi connectivity index (χ2n) is 5.17. The van der Waals surface area contributed by atoms with Crippen LogP contribution in [-0.2, 0) is 4.79 Å². The summed E-state index contributed by atoms with van der Waals surface area (Å²) in [6.45, 7) is 2.26. The lowest BCUT2D eigenvalue weighted by Crippen LogP contribution is -2.41. The first-order valence-corrected chi connectivity index (χ1v) is 5.61. The van der Waals surface area contributed by atoms with Gasteiger partial charge in [-0.1, -0.05) is 17.7 Å². The molecule has 4 aliphatic rings. The van der Waals surface area contributed by atoms with Crippen LogP contribution in [0.5, 0.6) is 0 Å². The lowest BCUT2D eigenvalue weighted by atomic mass is 9.54. The van der Waals surface area contributed by atoms with Crippen LogP contribution in [0.2, 0.25) is 0 Å². The van der Waals surface area contributed by atoms with Gasteiger partial charge in [-0.3, -0.25) is 4.79 Å². The van der Waals surface area contributed by atoms with Crippen LogP contribution in [0.25, 0.3) is 0 Å². The average molecular weight is 188 g/mol. The first-order valence-electron chi connectivity index (χ1n) is 5.61. The van der Waals surface area contributed by atoms with E-state index < -0.39 is 0 Å². The van der Waals surface area contributed by atoms with Crippen LogP contribution >= 0.6 is 0 Å². The van der Waals surface area contributed by atoms with E-state index in [0.717, 1.165) is 12.3 Å². The second kappa shape index (κ2) is 2.59. The first-order chi connectivity index (χ1) is 6.70. The molecule has 0 heterocycles. The Labute approximate surface area is 84.9 Å². The summed E-state index contributed by atoms with van der Waals surface area (Å²) >= 11 is 0. The molecule has 1 unspecified atom stereocenters. The van der Waals surface area contributed by atoms with Crippen molar-refractivity contribution in [3.63, 3.8) is 0 Å². The minimum Gasteiger partial charge on any atom is -0.295 e. The predicted octanol–water partition coefficient (Wildman–Crippen LogP) is 2.88. The van der Waals surface area contributed by atoms with Gasteiger partial charge in [0.2, 0.25) is 0 Å². The summed E-state index contributed by atoms with van der Waals surface area (Å²) in [6, 6.07) is 0. The zero-order valence-electron chi connectivity index (χ0n) is 8.62. The van der Waals surface area contributed by atoms with Crippen molar-refractivity contribution < 1.29 is 4.79 Å². The highest BCUT2D eigenvalue weighted by Gasteiger charge is 2.46. The molecule has 0 aromatic carbocycles. The molecule has 0 saturated heterocycles. The van der Waals surface area contributed by atoms with Crippen molar-refractivity contribution in [2.45, 2.75) is 32.6 Å². The maximum absolute atomic E-state index is 11.4. The molecule has 1 spiro atoms. The third-order valence-electron chi connectivity index (χ3n) is 4.42. The molecule has 1 saturated carbocycles. The Balaban J connectivity index is 2.09. The van der Waals surface area contributed by atoms with Gasteiger partial charge in [0.05, 0.1) is 0 Å². The van der Waals surface area contributed by atoms with Gasteiger partial charge in [0.25, 0.3) is 0 Å². The zero-order chi connectivity index (χ0) is 9.76. The molecule has 1 fully saturated rings. The van der Waals surface area contributed by atoms with Crippen molar-refractivity contribution in [1.82, 2.24) is 0 Å². The summed E-state index contributed by atoms with van der Waals surface area (Å²) in [7, 11) is 0. The van der Waals surface area contributed by atoms with Crippen molar-refractivity contribution in [2.75, 3.05) is 0 Å². The standard InChI is InChI=1S/C13H16O/c1-9-8-13-4-2-10(9)6-11(13)7-12(14)3-5-13/h3,5,8,10-11H,2,4,6-7H2,1H3/t10-,11?,13+/m0/s1. The number of allylic oxidation sites excluding steroid dienone is 4. The van der Waals surface area contributed by atoms with E-state index in [9.17, 15) is 4.79 Å². The van der Waals surface area contributed by atoms with Crippen LogP contribution in [-0.4, -0.2) is 5.78 Å². The second-order valence-corrected chi connectivity index (χ2v) is 5.17. The Kier molecular flexibility index (Phi) is 1.56. The van der Waals surface area contributed by atoms with Gasteiger partial charge >= 0.3 is 0 Å². The summed E-state index contributed by atoms with van der Waals surface area (Å²) in [6.07, 6.45) is 11.1. The SMILES string of the molecule is CC1=C[C@@]23C=CC(=O)CC2C[C@@H]1CC3. The van der Waals surface area contributed by atoms with Crippen LogP contribution in [0.3, 0.4) is 0 Å². The molecule has 3 atom stereocenters. The fraction of sp³-hybridized carbons (Fsp3) is 0.615. The molecule has 14 heavy (non-hydrogen) atoms. The van der Waals surface area contributed by atoms with Gasteiger partial charge in [0.15, 0.2) is 5.78 Å². The summed E-state index contributed by atoms with van der Waals surface area (Å²) in [4.78, 5) is 11.4. The normalized spacial score (nSPS) is 44.9. The van der Waals surface area contributed by atoms with E-state index in [2.05, 4.69) is 19.1 Å². The fourth-order valence-electron chi connectivity index (χ4n) is 3.55. The Bertz CT molecular complexity index is 350. The quantitative estimate of drug-likeness (QED) is 0.534. The molecule has 0 amide bonds. The summed E-state index contributed by atoms with van der Waals surface area (Å²) in [5, 5.41) is 0. The van der Waals surface area contributed by atoms with Crippen molar-refractivity contribution in [3.05, 3.63) is 23.8 Å². The zero-order valence-corrected chi connectivity index (χ0v) is 8.62. The highest BCUT2D eigenvalue weighted by Crippen LogP contribution is 2.55. The molecule has 4 rings (SSSR count). The van der Waals surface area contributed by atoms with Crippen LogP contribution < -0.4 is 0 Å². The van der Waals surface area contributed by atoms with Crippen LogP contribution in [0, 0.1) is 17.3 Å². The number of hydrogen-bond acceptors (Lipinski definition) is 1. The summed E-state index contributed by atoms with van der Waals surface area (Å²) < 4.78 is 0. The Hall–Kier alpha value is -0.850. The van der Waals surface area contributed by atoms with Gasteiger partial charge in [0, 0.05) is 11.8 Å². The topological polar surface area (TPSA) is 17.1 Å². The number of carbonyl (C=O) groups is 1. The number of fused-ring (bicyclic) bond motifs is 1. The molecule has 2 bridgehead atoms. The molecule has 0 radical (unpaired) electrons. The van der Waals surface area contributed by atoms with Gasteiger partial charge in [-0.25, -0.2) is 0 Å². The van der Waals surface area contributed by atoms with E-state index in [0.29, 0.717) is 11.7 Å². The lowest BCUT2D eigenvalue weighted by molar-refractivity contribution is -0.117. The molecule has 0 aromatic rings. The van der Waals surface area contributed by atoms with Crippen LogP contribution in [0.4, 0.5) is 0 Å². The molecule has 1 nitrogen and oxygen atoms in total. The van der Waals surface area contributed by atoms with Crippen molar-refractivity contribution in [1.29, 1.82) is 0 Å². The smallest absolute Gasteiger partial charge is 0.155 e. The Morgan fingerprint density at radius 3 is 3.14 bits per heavy atom. The Morgan fingerprint density at radius 1 is 1.50 bits per heavy atom. The summed E-state index contributed by atoms with van der Waals surface area (Å²) in [5.41, 5.74) is 1.83. The Morgan fingerprint density at radius 2 is 2.36 bits per heavy atom. The van der Waals surface area contributed by atoms with Crippen LogP contribution in [0.1, 0.15) is 32.6 Å². The largest absolute Gasteiger partial charge is 0.295 e. The highest BCUT2D eigenvalue weighted by molar-refractivity contribution is 5.91. The molecule has 1 heteroatoms. The minimum absolute atomic E-state index is 0.271. The predicted molar refractivity (Wildman–Crippen MR) is 55.8 cm³/mol. The highest BCUT2D eigenvalue weighted by atomic mass is 16.1. The van der Waals surface area contributed by atoms with Crippen molar-refractivity contribution in [3.8, 4) is 0 Å². The number of rotatable bonds is 0. The monoisotopic (exact) mass is 188 g/mol. The maximum Gasteiger partial charge on any atom is 0.155 e. The molecular weight excluding hydrogens is 172 g/mol. The molecule has 0 aromatic heterocycles.